The second-order valence-electron chi connectivity index (χ2n) is 8.46. The molecule has 1 atom stereocenters. The number of nitriles is 1. The number of nitrogens with one attached hydrogen (secondary N) is 1. The van der Waals surface area contributed by atoms with E-state index in [-0.39, 0.29) is 17.6 Å². The lowest BCUT2D eigenvalue weighted by molar-refractivity contribution is 0.0972. The molecule has 34 heavy (non-hydrogen) atoms. The number of carbonyl (C=O) groups excluding carboxylic acids is 1. The maximum absolute atomic E-state index is 13.9. The Morgan fingerprint density at radius 3 is 2.76 bits per heavy atom. The lowest BCUT2D eigenvalue weighted by atomic mass is 10.0. The van der Waals surface area contributed by atoms with Gasteiger partial charge in [-0.3, -0.25) is 14.7 Å². The van der Waals surface area contributed by atoms with E-state index in [4.69, 9.17) is 10.2 Å². The third kappa shape index (κ3) is 4.12. The van der Waals surface area contributed by atoms with Gasteiger partial charge in [0, 0.05) is 29.3 Å². The number of benzene rings is 2. The molecular formula is C27H24N6O. The van der Waals surface area contributed by atoms with Crippen LogP contribution in [0.1, 0.15) is 34.5 Å². The highest BCUT2D eigenvalue weighted by atomic mass is 16.2. The van der Waals surface area contributed by atoms with Crippen LogP contribution in [-0.4, -0.2) is 40.0 Å². The highest BCUT2D eigenvalue weighted by molar-refractivity contribution is 6.10. The summed E-state index contributed by atoms with van der Waals surface area (Å²) in [6, 6.07) is 17.4. The van der Waals surface area contributed by atoms with E-state index in [0.29, 0.717) is 17.1 Å². The van der Waals surface area contributed by atoms with Crippen molar-refractivity contribution in [3.05, 3.63) is 83.9 Å². The SMILES string of the molecule is Cc1cccc2ccnc(N(C(=O)c3ccc(-c4cncc(C#N)n4)cc3)[C@@H]3CCCNC3)c12. The largest absolute Gasteiger partial charge is 0.315 e. The van der Waals surface area contributed by atoms with Crippen molar-refractivity contribution in [2.45, 2.75) is 25.8 Å². The molecule has 7 heteroatoms. The van der Waals surface area contributed by atoms with Gasteiger partial charge in [0.05, 0.1) is 24.1 Å². The Morgan fingerprint density at radius 1 is 1.15 bits per heavy atom. The van der Waals surface area contributed by atoms with Gasteiger partial charge in [-0.25, -0.2) is 9.97 Å². The first-order chi connectivity index (χ1) is 16.7. The van der Waals surface area contributed by atoms with Gasteiger partial charge < -0.3 is 5.32 Å². The first-order valence-electron chi connectivity index (χ1n) is 11.4. The molecule has 0 unspecified atom stereocenters. The average molecular weight is 449 g/mol. The number of hydrogen-bond acceptors (Lipinski definition) is 6. The number of piperidine rings is 1. The number of amides is 1. The Morgan fingerprint density at radius 2 is 2.00 bits per heavy atom. The first-order valence-corrected chi connectivity index (χ1v) is 11.4. The lowest BCUT2D eigenvalue weighted by Gasteiger charge is -2.35. The molecule has 0 aliphatic carbocycles. The third-order valence-electron chi connectivity index (χ3n) is 6.24. The third-order valence-corrected chi connectivity index (χ3v) is 6.24. The van der Waals surface area contributed by atoms with Crippen molar-refractivity contribution >= 4 is 22.5 Å². The minimum atomic E-state index is -0.0830. The van der Waals surface area contributed by atoms with E-state index in [1.807, 2.05) is 35.2 Å². The maximum atomic E-state index is 13.9. The van der Waals surface area contributed by atoms with Gasteiger partial charge in [0.1, 0.15) is 11.9 Å². The predicted octanol–water partition coefficient (Wildman–Crippen LogP) is 4.27. The molecule has 0 saturated carbocycles. The van der Waals surface area contributed by atoms with Crippen molar-refractivity contribution in [1.82, 2.24) is 20.3 Å². The van der Waals surface area contributed by atoms with Crippen LogP contribution in [0.25, 0.3) is 22.0 Å². The number of hydrogen-bond donors (Lipinski definition) is 1. The quantitative estimate of drug-likeness (QED) is 0.501. The summed E-state index contributed by atoms with van der Waals surface area (Å²) < 4.78 is 0. The van der Waals surface area contributed by atoms with Gasteiger partial charge in [-0.05, 0) is 55.5 Å². The van der Waals surface area contributed by atoms with Gasteiger partial charge in [-0.2, -0.15) is 5.26 Å². The second kappa shape index (κ2) is 9.38. The molecule has 0 spiro atoms. The van der Waals surface area contributed by atoms with Crippen LogP contribution >= 0.6 is 0 Å². The molecule has 0 bridgehead atoms. The minimum Gasteiger partial charge on any atom is -0.315 e. The Hall–Kier alpha value is -4.15. The van der Waals surface area contributed by atoms with Gasteiger partial charge in [0.25, 0.3) is 5.91 Å². The average Bonchev–Trinajstić information content (AvgIpc) is 2.90. The summed E-state index contributed by atoms with van der Waals surface area (Å²) in [5, 5.41) is 14.6. The van der Waals surface area contributed by atoms with Crippen LogP contribution < -0.4 is 10.2 Å². The zero-order valence-corrected chi connectivity index (χ0v) is 18.9. The summed E-state index contributed by atoms with van der Waals surface area (Å²) in [5.41, 5.74) is 3.31. The molecule has 1 aliphatic heterocycles. The number of pyridine rings is 1. The van der Waals surface area contributed by atoms with Crippen LogP contribution in [0.3, 0.4) is 0 Å². The van der Waals surface area contributed by atoms with E-state index >= 15 is 0 Å². The van der Waals surface area contributed by atoms with Crippen LogP contribution in [0.15, 0.2) is 67.1 Å². The van der Waals surface area contributed by atoms with E-state index in [1.165, 1.54) is 6.20 Å². The molecule has 1 N–H and O–H groups in total. The van der Waals surface area contributed by atoms with Crippen molar-refractivity contribution in [3.8, 4) is 17.3 Å². The van der Waals surface area contributed by atoms with Crippen LogP contribution in [0, 0.1) is 18.3 Å². The molecule has 7 nitrogen and oxygen atoms in total. The number of aryl methyl sites for hydroxylation is 1. The number of fused-ring (bicyclic) bond motifs is 1. The first kappa shape index (κ1) is 21.7. The van der Waals surface area contributed by atoms with Crippen LogP contribution in [0.2, 0.25) is 0 Å². The summed E-state index contributed by atoms with van der Waals surface area (Å²) in [4.78, 5) is 28.9. The predicted molar refractivity (Wildman–Crippen MR) is 131 cm³/mol. The molecule has 2 aromatic heterocycles. The molecule has 5 rings (SSSR count). The smallest absolute Gasteiger partial charge is 0.259 e. The molecule has 1 fully saturated rings. The summed E-state index contributed by atoms with van der Waals surface area (Å²) in [7, 11) is 0. The fourth-order valence-corrected chi connectivity index (χ4v) is 4.54. The standard InChI is InChI=1S/C27H24N6O/c1-18-4-2-5-20-11-13-31-26(25(18)20)33(23-6-3-12-29-16-23)27(34)21-9-7-19(8-10-21)24-17-30-15-22(14-28)32-24/h2,4-5,7-11,13,15,17,23,29H,3,6,12,16H2,1H3/t23-/m1/s1. The van der Waals surface area contributed by atoms with Crippen molar-refractivity contribution in [2.24, 2.45) is 0 Å². The topological polar surface area (TPSA) is 94.8 Å². The number of aromatic nitrogens is 3. The fraction of sp³-hybridized carbons (Fsp3) is 0.222. The minimum absolute atomic E-state index is 0.0109. The summed E-state index contributed by atoms with van der Waals surface area (Å²) in [6.07, 6.45) is 6.73. The maximum Gasteiger partial charge on any atom is 0.259 e. The highest BCUT2D eigenvalue weighted by Crippen LogP contribution is 2.31. The molecule has 1 saturated heterocycles. The van der Waals surface area contributed by atoms with Crippen LogP contribution in [0.5, 0.6) is 0 Å². The van der Waals surface area contributed by atoms with Gasteiger partial charge in [-0.1, -0.05) is 30.3 Å². The van der Waals surface area contributed by atoms with Gasteiger partial charge >= 0.3 is 0 Å². The molecule has 1 aliphatic rings. The zero-order chi connectivity index (χ0) is 23.5. The summed E-state index contributed by atoms with van der Waals surface area (Å²) >= 11 is 0. The van der Waals surface area contributed by atoms with Crippen LogP contribution in [0.4, 0.5) is 5.82 Å². The normalized spacial score (nSPS) is 15.6. The van der Waals surface area contributed by atoms with Gasteiger partial charge in [0.2, 0.25) is 0 Å². The van der Waals surface area contributed by atoms with Crippen molar-refractivity contribution in [3.63, 3.8) is 0 Å². The Bertz CT molecular complexity index is 1380. The van der Waals surface area contributed by atoms with E-state index in [0.717, 1.165) is 47.8 Å². The molecule has 1 amide bonds. The Balaban J connectivity index is 1.55. The number of anilines is 1. The number of carbonyl (C=O) groups is 1. The molecule has 0 radical (unpaired) electrons. The molecule has 4 aromatic rings. The second-order valence-corrected chi connectivity index (χ2v) is 8.46. The fourth-order valence-electron chi connectivity index (χ4n) is 4.54. The van der Waals surface area contributed by atoms with E-state index < -0.39 is 0 Å². The number of nitrogens with zero attached hydrogens (tertiary/aromatic N) is 5. The highest BCUT2D eigenvalue weighted by Gasteiger charge is 2.30. The monoisotopic (exact) mass is 448 g/mol. The number of rotatable bonds is 4. The van der Waals surface area contributed by atoms with Crippen LogP contribution in [-0.2, 0) is 0 Å². The van der Waals surface area contributed by atoms with E-state index in [1.54, 1.807) is 24.5 Å². The molecular weight excluding hydrogens is 424 g/mol. The van der Waals surface area contributed by atoms with Gasteiger partial charge in [-0.15, -0.1) is 0 Å². The Kier molecular flexibility index (Phi) is 5.98. The van der Waals surface area contributed by atoms with Crippen molar-refractivity contribution in [2.75, 3.05) is 18.0 Å². The van der Waals surface area contributed by atoms with Gasteiger partial charge in [0.15, 0.2) is 5.69 Å². The zero-order valence-electron chi connectivity index (χ0n) is 18.9. The summed E-state index contributed by atoms with van der Waals surface area (Å²) in [6.45, 7) is 3.74. The molecule has 2 aromatic carbocycles. The lowest BCUT2D eigenvalue weighted by Crippen LogP contribution is -2.49. The summed E-state index contributed by atoms with van der Waals surface area (Å²) in [5.74, 6) is 0.617. The van der Waals surface area contributed by atoms with Crippen molar-refractivity contribution in [1.29, 1.82) is 5.26 Å². The molecule has 3 heterocycles. The van der Waals surface area contributed by atoms with E-state index in [9.17, 15) is 4.79 Å². The molecule has 168 valence electrons. The van der Waals surface area contributed by atoms with E-state index in [2.05, 4.69) is 34.3 Å². The van der Waals surface area contributed by atoms with Crippen molar-refractivity contribution < 1.29 is 4.79 Å². The Labute approximate surface area is 198 Å².